The highest BCUT2D eigenvalue weighted by molar-refractivity contribution is 7.94. The minimum absolute atomic E-state index is 0.0445. The number of ether oxygens (including phenoxy) is 2. The summed E-state index contributed by atoms with van der Waals surface area (Å²) in [4.78, 5) is 27.0. The first kappa shape index (κ1) is 22.4. The molecule has 9 nitrogen and oxygen atoms in total. The van der Waals surface area contributed by atoms with Gasteiger partial charge >= 0.3 is 6.03 Å². The van der Waals surface area contributed by atoms with E-state index in [-0.39, 0.29) is 34.8 Å². The van der Waals surface area contributed by atoms with E-state index in [1.807, 2.05) is 13.8 Å². The molecule has 2 aromatic rings. The van der Waals surface area contributed by atoms with E-state index in [1.165, 1.54) is 38.5 Å². The van der Waals surface area contributed by atoms with Gasteiger partial charge in [-0.15, -0.1) is 0 Å². The van der Waals surface area contributed by atoms with E-state index in [2.05, 4.69) is 5.32 Å². The lowest BCUT2D eigenvalue weighted by atomic mass is 10.2. The average molecular weight is 448 g/mol. The molecule has 10 heteroatoms. The smallest absolute Gasteiger partial charge is 0.343 e. The Morgan fingerprint density at radius 1 is 1.10 bits per heavy atom. The van der Waals surface area contributed by atoms with E-state index < -0.39 is 16.1 Å². The summed E-state index contributed by atoms with van der Waals surface area (Å²) in [6.07, 6.45) is 0.723. The molecule has 1 atom stereocenters. The molecular formula is C21H25N3O6S. The largest absolute Gasteiger partial charge is 0.497 e. The number of hydrogen-bond acceptors (Lipinski definition) is 6. The van der Waals surface area contributed by atoms with Crippen molar-refractivity contribution in [2.45, 2.75) is 31.2 Å². The number of urea groups is 1. The van der Waals surface area contributed by atoms with E-state index in [4.69, 9.17) is 9.47 Å². The summed E-state index contributed by atoms with van der Waals surface area (Å²) in [6.45, 7) is 3.45. The van der Waals surface area contributed by atoms with Gasteiger partial charge in [0, 0.05) is 24.2 Å². The first-order valence-corrected chi connectivity index (χ1v) is 11.1. The molecule has 1 N–H and O–H groups in total. The van der Waals surface area contributed by atoms with Crippen LogP contribution >= 0.6 is 0 Å². The average Bonchev–Trinajstić information content (AvgIpc) is 2.76. The molecule has 0 aliphatic carbocycles. The van der Waals surface area contributed by atoms with Gasteiger partial charge < -0.3 is 14.8 Å². The number of methoxy groups -OCH3 is 2. The molecule has 0 saturated heterocycles. The van der Waals surface area contributed by atoms with Crippen molar-refractivity contribution in [3.63, 3.8) is 0 Å². The zero-order valence-corrected chi connectivity index (χ0v) is 18.6. The van der Waals surface area contributed by atoms with E-state index >= 15 is 0 Å². The van der Waals surface area contributed by atoms with Crippen molar-refractivity contribution in [2.75, 3.05) is 30.0 Å². The maximum Gasteiger partial charge on any atom is 0.343 e. The van der Waals surface area contributed by atoms with E-state index in [9.17, 15) is 18.0 Å². The topological polar surface area (TPSA) is 105 Å². The first-order chi connectivity index (χ1) is 14.7. The number of nitrogens with zero attached hydrogens (tertiary/aromatic N) is 2. The Morgan fingerprint density at radius 2 is 1.71 bits per heavy atom. The third-order valence-corrected chi connectivity index (χ3v) is 6.72. The summed E-state index contributed by atoms with van der Waals surface area (Å²) in [5.41, 5.74) is 0.195. The van der Waals surface area contributed by atoms with Crippen LogP contribution in [0.15, 0.2) is 47.4 Å². The fraction of sp³-hybridized carbons (Fsp3) is 0.333. The molecule has 166 valence electrons. The van der Waals surface area contributed by atoms with Gasteiger partial charge in [0.15, 0.2) is 0 Å². The van der Waals surface area contributed by atoms with Crippen molar-refractivity contribution in [3.8, 4) is 11.5 Å². The zero-order chi connectivity index (χ0) is 22.8. The lowest BCUT2D eigenvalue weighted by molar-refractivity contribution is -0.120. The molecule has 0 saturated carbocycles. The van der Waals surface area contributed by atoms with Crippen LogP contribution in [0.25, 0.3) is 0 Å². The van der Waals surface area contributed by atoms with E-state index in [0.717, 1.165) is 11.3 Å². The highest BCUT2D eigenvalue weighted by Crippen LogP contribution is 2.39. The predicted molar refractivity (Wildman–Crippen MR) is 116 cm³/mol. The molecule has 0 bridgehead atoms. The summed E-state index contributed by atoms with van der Waals surface area (Å²) in [7, 11) is -1.39. The number of amides is 3. The number of carbonyl (C=O) groups excluding carboxylic acids is 2. The molecule has 0 unspecified atom stereocenters. The standard InChI is InChI=1S/C21H25N3O6S/c1-5-14(2)22-20(25)13-23-18-8-6-7-9-19(18)31(27,28)24(21(23)26)15-10-16(29-3)12-17(11-15)30-4/h6-12,14H,5,13H2,1-4H3,(H,22,25)/t14-/m0/s1. The second-order valence-corrected chi connectivity index (χ2v) is 8.81. The van der Waals surface area contributed by atoms with Crippen LogP contribution in [-0.2, 0) is 14.8 Å². The van der Waals surface area contributed by atoms with Gasteiger partial charge in [-0.1, -0.05) is 19.1 Å². The molecule has 0 radical (unpaired) electrons. The molecule has 1 heterocycles. The zero-order valence-electron chi connectivity index (χ0n) is 17.8. The molecule has 3 amide bonds. The molecule has 0 aromatic heterocycles. The molecule has 2 aromatic carbocycles. The lowest BCUT2D eigenvalue weighted by Gasteiger charge is -2.36. The molecule has 31 heavy (non-hydrogen) atoms. The number of fused-ring (bicyclic) bond motifs is 1. The SMILES string of the molecule is CC[C@H](C)NC(=O)CN1C(=O)N(c2cc(OC)cc(OC)c2)S(=O)(=O)c2ccccc21. The summed E-state index contributed by atoms with van der Waals surface area (Å²) in [6, 6.07) is 9.55. The van der Waals surface area contributed by atoms with E-state index in [0.29, 0.717) is 15.8 Å². The highest BCUT2D eigenvalue weighted by Gasteiger charge is 2.43. The normalized spacial score (nSPS) is 15.8. The third kappa shape index (κ3) is 4.29. The van der Waals surface area contributed by atoms with Gasteiger partial charge in [0.2, 0.25) is 5.91 Å². The third-order valence-electron chi connectivity index (χ3n) is 4.97. The van der Waals surface area contributed by atoms with Crippen LogP contribution in [-0.4, -0.2) is 47.2 Å². The maximum atomic E-state index is 13.4. The molecular weight excluding hydrogens is 422 g/mol. The van der Waals surface area contributed by atoms with E-state index in [1.54, 1.807) is 18.2 Å². The number of hydrogen-bond donors (Lipinski definition) is 1. The second-order valence-electron chi connectivity index (χ2n) is 7.05. The number of carbonyl (C=O) groups is 2. The molecule has 1 aliphatic heterocycles. The fourth-order valence-corrected chi connectivity index (χ4v) is 4.77. The van der Waals surface area contributed by atoms with Gasteiger partial charge in [-0.3, -0.25) is 9.69 Å². The fourth-order valence-electron chi connectivity index (χ4n) is 3.19. The van der Waals surface area contributed by atoms with Crippen LogP contribution in [0.1, 0.15) is 20.3 Å². The molecule has 0 spiro atoms. The van der Waals surface area contributed by atoms with Gasteiger partial charge in [-0.2, -0.15) is 4.31 Å². The Hall–Kier alpha value is -3.27. The van der Waals surface area contributed by atoms with Gasteiger partial charge in [0.1, 0.15) is 22.9 Å². The Bertz CT molecular complexity index is 1080. The van der Waals surface area contributed by atoms with Crippen molar-refractivity contribution in [2.24, 2.45) is 0 Å². The predicted octanol–water partition coefficient (Wildman–Crippen LogP) is 2.75. The Morgan fingerprint density at radius 3 is 2.29 bits per heavy atom. The van der Waals surface area contributed by atoms with Crippen molar-refractivity contribution in [3.05, 3.63) is 42.5 Å². The number of nitrogens with one attached hydrogen (secondary N) is 1. The number of rotatable bonds is 7. The summed E-state index contributed by atoms with van der Waals surface area (Å²) < 4.78 is 37.8. The Balaban J connectivity index is 2.12. The van der Waals surface area contributed by atoms with Crippen molar-refractivity contribution in [1.29, 1.82) is 0 Å². The molecule has 0 fully saturated rings. The summed E-state index contributed by atoms with van der Waals surface area (Å²) >= 11 is 0. The minimum atomic E-state index is -4.23. The molecule has 1 aliphatic rings. The van der Waals surface area contributed by atoms with Crippen LogP contribution < -0.4 is 24.0 Å². The van der Waals surface area contributed by atoms with Crippen LogP contribution in [0, 0.1) is 0 Å². The molecule has 3 rings (SSSR count). The number of benzene rings is 2. The number of para-hydroxylation sites is 1. The van der Waals surface area contributed by atoms with Crippen LogP contribution in [0.5, 0.6) is 11.5 Å². The van der Waals surface area contributed by atoms with Gasteiger partial charge in [0.05, 0.1) is 25.6 Å². The lowest BCUT2D eigenvalue weighted by Crippen LogP contribution is -2.54. The Kier molecular flexibility index (Phi) is 6.40. The Labute approximate surface area is 181 Å². The minimum Gasteiger partial charge on any atom is -0.497 e. The van der Waals surface area contributed by atoms with Crippen molar-refractivity contribution >= 4 is 33.3 Å². The number of anilines is 2. The van der Waals surface area contributed by atoms with Crippen molar-refractivity contribution < 1.29 is 27.5 Å². The second kappa shape index (κ2) is 8.84. The first-order valence-electron chi connectivity index (χ1n) is 9.71. The van der Waals surface area contributed by atoms with Crippen LogP contribution in [0.4, 0.5) is 16.2 Å². The van der Waals surface area contributed by atoms with Gasteiger partial charge in [0.25, 0.3) is 10.0 Å². The summed E-state index contributed by atoms with van der Waals surface area (Å²) in [5, 5.41) is 2.80. The monoisotopic (exact) mass is 447 g/mol. The highest BCUT2D eigenvalue weighted by atomic mass is 32.2. The maximum absolute atomic E-state index is 13.4. The number of sulfonamides is 1. The van der Waals surface area contributed by atoms with Gasteiger partial charge in [-0.25, -0.2) is 13.2 Å². The van der Waals surface area contributed by atoms with Crippen LogP contribution in [0.3, 0.4) is 0 Å². The summed E-state index contributed by atoms with van der Waals surface area (Å²) in [5.74, 6) is 0.245. The van der Waals surface area contributed by atoms with Crippen LogP contribution in [0.2, 0.25) is 0 Å². The van der Waals surface area contributed by atoms with Gasteiger partial charge in [-0.05, 0) is 25.5 Å². The van der Waals surface area contributed by atoms with Crippen molar-refractivity contribution in [1.82, 2.24) is 5.32 Å². The quantitative estimate of drug-likeness (QED) is 0.700.